The zero-order valence-electron chi connectivity index (χ0n) is 13.2. The Morgan fingerprint density at radius 2 is 1.76 bits per heavy atom. The second kappa shape index (κ2) is 7.22. The molecule has 0 bridgehead atoms. The fourth-order valence-electron chi connectivity index (χ4n) is 2.39. The minimum atomic E-state index is -1.10. The smallest absolute Gasteiger partial charge is 0.328 e. The average molecular weight is 293 g/mol. The lowest BCUT2D eigenvalue weighted by Gasteiger charge is -2.20. The maximum atomic E-state index is 12.1. The summed E-state index contributed by atoms with van der Waals surface area (Å²) in [4.78, 5) is 23.3. The van der Waals surface area contributed by atoms with Crippen LogP contribution in [0.1, 0.15) is 29.2 Å². The van der Waals surface area contributed by atoms with E-state index in [9.17, 15) is 9.59 Å². The molecular weight excluding hydrogens is 270 g/mol. The van der Waals surface area contributed by atoms with E-state index in [-0.39, 0.29) is 12.3 Å². The van der Waals surface area contributed by atoms with Crippen molar-refractivity contribution in [2.45, 2.75) is 46.3 Å². The summed E-state index contributed by atoms with van der Waals surface area (Å²) in [7, 11) is 1.42. The van der Waals surface area contributed by atoms with Crippen molar-refractivity contribution < 1.29 is 19.4 Å². The minimum Gasteiger partial charge on any atom is -0.480 e. The van der Waals surface area contributed by atoms with Crippen LogP contribution in [0, 0.1) is 20.8 Å². The number of carbonyl (C=O) groups excluding carboxylic acids is 1. The first-order valence-corrected chi connectivity index (χ1v) is 6.88. The number of aryl methyl sites for hydroxylation is 3. The molecule has 0 spiro atoms. The molecule has 0 heterocycles. The maximum Gasteiger partial charge on any atom is 0.328 e. The predicted molar refractivity (Wildman–Crippen MR) is 80.4 cm³/mol. The highest BCUT2D eigenvalue weighted by Crippen LogP contribution is 2.17. The summed E-state index contributed by atoms with van der Waals surface area (Å²) in [6.45, 7) is 7.52. The van der Waals surface area contributed by atoms with Crippen LogP contribution in [-0.4, -0.2) is 36.2 Å². The number of carbonyl (C=O) groups is 2. The van der Waals surface area contributed by atoms with Gasteiger partial charge >= 0.3 is 5.97 Å². The molecule has 0 fully saturated rings. The maximum absolute atomic E-state index is 12.1. The van der Waals surface area contributed by atoms with Gasteiger partial charge < -0.3 is 15.2 Å². The summed E-state index contributed by atoms with van der Waals surface area (Å²) < 4.78 is 4.99. The van der Waals surface area contributed by atoms with Crippen molar-refractivity contribution >= 4 is 11.9 Å². The molecule has 116 valence electrons. The monoisotopic (exact) mass is 293 g/mol. The molecule has 0 aliphatic rings. The SMILES string of the molecule is COC(C)C(NC(=O)Cc1c(C)cc(C)cc1C)C(=O)O. The zero-order valence-corrected chi connectivity index (χ0v) is 13.2. The number of carboxylic acid groups (broad SMARTS) is 1. The van der Waals surface area contributed by atoms with Gasteiger partial charge in [0, 0.05) is 7.11 Å². The number of nitrogens with one attached hydrogen (secondary N) is 1. The third kappa shape index (κ3) is 4.56. The molecular formula is C16H23NO4. The Kier molecular flexibility index (Phi) is 5.90. The molecule has 21 heavy (non-hydrogen) atoms. The lowest BCUT2D eigenvalue weighted by atomic mass is 9.97. The summed E-state index contributed by atoms with van der Waals surface area (Å²) in [6, 6.07) is 2.98. The largest absolute Gasteiger partial charge is 0.480 e. The van der Waals surface area contributed by atoms with E-state index in [0.29, 0.717) is 0 Å². The molecule has 0 saturated heterocycles. The van der Waals surface area contributed by atoms with Gasteiger partial charge in [0.2, 0.25) is 5.91 Å². The predicted octanol–water partition coefficient (Wildman–Crippen LogP) is 1.76. The summed E-state index contributed by atoms with van der Waals surface area (Å²) in [6.07, 6.45) is -0.426. The molecule has 2 N–H and O–H groups in total. The van der Waals surface area contributed by atoms with Gasteiger partial charge in [0.15, 0.2) is 6.04 Å². The zero-order chi connectivity index (χ0) is 16.2. The summed E-state index contributed by atoms with van der Waals surface area (Å²) >= 11 is 0. The Morgan fingerprint density at radius 3 is 2.19 bits per heavy atom. The molecule has 1 amide bonds. The Balaban J connectivity index is 2.84. The van der Waals surface area contributed by atoms with E-state index in [0.717, 1.165) is 22.3 Å². The molecule has 0 saturated carbocycles. The Bertz CT molecular complexity index is 516. The fourth-order valence-corrected chi connectivity index (χ4v) is 2.39. The van der Waals surface area contributed by atoms with Gasteiger partial charge in [-0.2, -0.15) is 0 Å². The van der Waals surface area contributed by atoms with Gasteiger partial charge in [-0.3, -0.25) is 4.79 Å². The minimum absolute atomic E-state index is 0.165. The second-order valence-corrected chi connectivity index (χ2v) is 5.38. The molecule has 1 aromatic rings. The number of rotatable bonds is 6. The Labute approximate surface area is 125 Å². The number of aliphatic carboxylic acids is 1. The topological polar surface area (TPSA) is 75.6 Å². The standard InChI is InChI=1S/C16H23NO4/c1-9-6-10(2)13(11(3)7-9)8-14(18)17-15(16(19)20)12(4)21-5/h6-7,12,15H,8H2,1-5H3,(H,17,18)(H,19,20). The number of hydrogen-bond acceptors (Lipinski definition) is 3. The van der Waals surface area contributed by atoms with Crippen molar-refractivity contribution in [3.63, 3.8) is 0 Å². The van der Waals surface area contributed by atoms with Crippen molar-refractivity contribution in [2.75, 3.05) is 7.11 Å². The van der Waals surface area contributed by atoms with E-state index in [1.54, 1.807) is 6.92 Å². The first-order valence-electron chi connectivity index (χ1n) is 6.88. The highest BCUT2D eigenvalue weighted by Gasteiger charge is 2.26. The van der Waals surface area contributed by atoms with Crippen LogP contribution in [0.25, 0.3) is 0 Å². The van der Waals surface area contributed by atoms with E-state index in [2.05, 4.69) is 5.32 Å². The lowest BCUT2D eigenvalue weighted by Crippen LogP contribution is -2.48. The van der Waals surface area contributed by atoms with Crippen LogP contribution in [0.5, 0.6) is 0 Å². The van der Waals surface area contributed by atoms with E-state index in [1.807, 2.05) is 32.9 Å². The number of methoxy groups -OCH3 is 1. The Hall–Kier alpha value is -1.88. The van der Waals surface area contributed by atoms with Crippen molar-refractivity contribution in [3.8, 4) is 0 Å². The van der Waals surface area contributed by atoms with Gasteiger partial charge in [0.1, 0.15) is 0 Å². The summed E-state index contributed by atoms with van der Waals surface area (Å²) in [5.74, 6) is -1.42. The van der Waals surface area contributed by atoms with E-state index in [4.69, 9.17) is 9.84 Å². The first-order chi connectivity index (χ1) is 9.76. The molecule has 5 nitrogen and oxygen atoms in total. The van der Waals surface area contributed by atoms with Gasteiger partial charge in [0.25, 0.3) is 0 Å². The molecule has 0 radical (unpaired) electrons. The molecule has 1 aromatic carbocycles. The molecule has 0 aliphatic heterocycles. The summed E-state index contributed by atoms with van der Waals surface area (Å²) in [5, 5.41) is 11.7. The number of ether oxygens (including phenoxy) is 1. The number of benzene rings is 1. The van der Waals surface area contributed by atoms with Crippen LogP contribution < -0.4 is 5.32 Å². The average Bonchev–Trinajstić information content (AvgIpc) is 2.39. The normalized spacial score (nSPS) is 13.6. The van der Waals surface area contributed by atoms with Crippen LogP contribution in [-0.2, 0) is 20.7 Å². The quantitative estimate of drug-likeness (QED) is 0.838. The van der Waals surface area contributed by atoms with Crippen molar-refractivity contribution in [2.24, 2.45) is 0 Å². The second-order valence-electron chi connectivity index (χ2n) is 5.38. The van der Waals surface area contributed by atoms with Crippen LogP contribution in [0.4, 0.5) is 0 Å². The lowest BCUT2D eigenvalue weighted by molar-refractivity contribution is -0.145. The fraction of sp³-hybridized carbons (Fsp3) is 0.500. The number of amides is 1. The van der Waals surface area contributed by atoms with Gasteiger partial charge in [0.05, 0.1) is 12.5 Å². The first kappa shape index (κ1) is 17.2. The van der Waals surface area contributed by atoms with Gasteiger partial charge in [-0.05, 0) is 44.4 Å². The molecule has 2 unspecified atom stereocenters. The summed E-state index contributed by atoms with van der Waals surface area (Å²) in [5.41, 5.74) is 4.15. The van der Waals surface area contributed by atoms with Gasteiger partial charge in [-0.1, -0.05) is 17.7 Å². The van der Waals surface area contributed by atoms with Crippen LogP contribution >= 0.6 is 0 Å². The molecule has 0 aromatic heterocycles. The van der Waals surface area contributed by atoms with Gasteiger partial charge in [-0.15, -0.1) is 0 Å². The molecule has 1 rings (SSSR count). The van der Waals surface area contributed by atoms with Crippen LogP contribution in [0.15, 0.2) is 12.1 Å². The van der Waals surface area contributed by atoms with E-state index >= 15 is 0 Å². The van der Waals surface area contributed by atoms with Crippen molar-refractivity contribution in [1.82, 2.24) is 5.32 Å². The third-order valence-corrected chi connectivity index (χ3v) is 3.60. The Morgan fingerprint density at radius 1 is 1.24 bits per heavy atom. The van der Waals surface area contributed by atoms with E-state index < -0.39 is 18.1 Å². The molecule has 0 aliphatic carbocycles. The number of hydrogen-bond donors (Lipinski definition) is 2. The van der Waals surface area contributed by atoms with Gasteiger partial charge in [-0.25, -0.2) is 4.79 Å². The van der Waals surface area contributed by atoms with Crippen molar-refractivity contribution in [3.05, 3.63) is 34.4 Å². The molecule has 5 heteroatoms. The highest BCUT2D eigenvalue weighted by atomic mass is 16.5. The van der Waals surface area contributed by atoms with Crippen molar-refractivity contribution in [1.29, 1.82) is 0 Å². The third-order valence-electron chi connectivity index (χ3n) is 3.60. The van der Waals surface area contributed by atoms with E-state index in [1.165, 1.54) is 7.11 Å². The highest BCUT2D eigenvalue weighted by molar-refractivity contribution is 5.85. The molecule has 2 atom stereocenters. The van der Waals surface area contributed by atoms with Crippen LogP contribution in [0.2, 0.25) is 0 Å². The number of carboxylic acids is 1. The van der Waals surface area contributed by atoms with Crippen LogP contribution in [0.3, 0.4) is 0 Å².